The van der Waals surface area contributed by atoms with Crippen molar-refractivity contribution in [2.75, 3.05) is 64.3 Å². The molecule has 1 aromatic rings. The number of rotatable bonds is 5. The molecule has 0 aliphatic carbocycles. The molecular formula is C19H33N7. The summed E-state index contributed by atoms with van der Waals surface area (Å²) in [5, 5.41) is 3.54. The van der Waals surface area contributed by atoms with Gasteiger partial charge in [-0.3, -0.25) is 4.99 Å². The molecule has 0 saturated carbocycles. The van der Waals surface area contributed by atoms with E-state index in [9.17, 15) is 0 Å². The SMILES string of the molecule is CN=C(NCCCN1CCC(C)CC1)N1CCN(c2ncccn2)CC1. The third kappa shape index (κ3) is 5.30. The number of nitrogens with one attached hydrogen (secondary N) is 1. The van der Waals surface area contributed by atoms with E-state index in [0.29, 0.717) is 0 Å². The van der Waals surface area contributed by atoms with E-state index in [1.807, 2.05) is 13.1 Å². The summed E-state index contributed by atoms with van der Waals surface area (Å²) < 4.78 is 0. The number of aliphatic imine (C=N–C) groups is 1. The first kappa shape index (κ1) is 18.9. The number of likely N-dealkylation sites (tertiary alicyclic amines) is 1. The molecule has 0 radical (unpaired) electrons. The van der Waals surface area contributed by atoms with Crippen molar-refractivity contribution in [3.63, 3.8) is 0 Å². The Morgan fingerprint density at radius 3 is 2.46 bits per heavy atom. The topological polar surface area (TPSA) is 59.9 Å². The minimum absolute atomic E-state index is 0.825. The Bertz CT molecular complexity index is 546. The lowest BCUT2D eigenvalue weighted by Gasteiger charge is -2.36. The van der Waals surface area contributed by atoms with Crippen LogP contribution in [0.15, 0.2) is 23.5 Å². The van der Waals surface area contributed by atoms with Gasteiger partial charge >= 0.3 is 0 Å². The van der Waals surface area contributed by atoms with Crippen LogP contribution in [-0.2, 0) is 0 Å². The lowest BCUT2D eigenvalue weighted by molar-refractivity contribution is 0.191. The molecule has 0 atom stereocenters. The summed E-state index contributed by atoms with van der Waals surface area (Å²) in [5.41, 5.74) is 0. The summed E-state index contributed by atoms with van der Waals surface area (Å²) in [5.74, 6) is 2.75. The first-order chi connectivity index (χ1) is 12.8. The zero-order valence-electron chi connectivity index (χ0n) is 16.3. The van der Waals surface area contributed by atoms with Crippen molar-refractivity contribution in [1.82, 2.24) is 25.1 Å². The highest BCUT2D eigenvalue weighted by Gasteiger charge is 2.21. The minimum atomic E-state index is 0.825. The Morgan fingerprint density at radius 2 is 1.81 bits per heavy atom. The van der Waals surface area contributed by atoms with Gasteiger partial charge in [-0.2, -0.15) is 0 Å². The van der Waals surface area contributed by atoms with Crippen LogP contribution in [-0.4, -0.2) is 85.1 Å². The first-order valence-corrected chi connectivity index (χ1v) is 9.96. The summed E-state index contributed by atoms with van der Waals surface area (Å²) in [4.78, 5) is 20.3. The second-order valence-corrected chi connectivity index (χ2v) is 7.37. The smallest absolute Gasteiger partial charge is 0.225 e. The molecule has 0 bridgehead atoms. The Morgan fingerprint density at radius 1 is 1.12 bits per heavy atom. The average Bonchev–Trinajstić information content (AvgIpc) is 2.70. The predicted molar refractivity (Wildman–Crippen MR) is 107 cm³/mol. The van der Waals surface area contributed by atoms with Crippen LogP contribution in [0.4, 0.5) is 5.95 Å². The lowest BCUT2D eigenvalue weighted by Crippen LogP contribution is -2.53. The van der Waals surface area contributed by atoms with E-state index in [1.54, 1.807) is 12.4 Å². The number of aromatic nitrogens is 2. The molecule has 0 aromatic carbocycles. The van der Waals surface area contributed by atoms with Crippen LogP contribution < -0.4 is 10.2 Å². The summed E-state index contributed by atoms with van der Waals surface area (Å²) in [6.45, 7) is 10.8. The zero-order chi connectivity index (χ0) is 18.2. The van der Waals surface area contributed by atoms with Gasteiger partial charge in [0.15, 0.2) is 5.96 Å². The van der Waals surface area contributed by atoms with E-state index >= 15 is 0 Å². The van der Waals surface area contributed by atoms with Crippen molar-refractivity contribution in [3.05, 3.63) is 18.5 Å². The maximum absolute atomic E-state index is 4.47. The second kappa shape index (κ2) is 9.71. The molecule has 3 heterocycles. The molecule has 1 N–H and O–H groups in total. The fraction of sp³-hybridized carbons (Fsp3) is 0.737. The highest BCUT2D eigenvalue weighted by molar-refractivity contribution is 5.80. The third-order valence-electron chi connectivity index (χ3n) is 5.44. The molecule has 2 fully saturated rings. The van der Waals surface area contributed by atoms with E-state index in [0.717, 1.165) is 50.5 Å². The van der Waals surface area contributed by atoms with Crippen LogP contribution in [0.1, 0.15) is 26.2 Å². The van der Waals surface area contributed by atoms with E-state index in [1.165, 1.54) is 38.9 Å². The molecule has 0 unspecified atom stereocenters. The van der Waals surface area contributed by atoms with Gasteiger partial charge in [0.05, 0.1) is 0 Å². The number of hydrogen-bond donors (Lipinski definition) is 1. The standard InChI is InChI=1S/C19H33N7/c1-17-5-11-24(12-6-17)10-4-9-21-18(20-2)25-13-15-26(16-14-25)19-22-7-3-8-23-19/h3,7-8,17H,4-6,9-16H2,1-2H3,(H,20,21). The minimum Gasteiger partial charge on any atom is -0.356 e. The Kier molecular flexibility index (Phi) is 7.05. The Labute approximate surface area is 157 Å². The molecule has 1 aromatic heterocycles. The Balaban J connectivity index is 1.36. The van der Waals surface area contributed by atoms with E-state index in [4.69, 9.17) is 0 Å². The third-order valence-corrected chi connectivity index (χ3v) is 5.44. The van der Waals surface area contributed by atoms with Gasteiger partial charge in [0, 0.05) is 52.2 Å². The van der Waals surface area contributed by atoms with Crippen LogP contribution >= 0.6 is 0 Å². The van der Waals surface area contributed by atoms with Crippen LogP contribution in [0, 0.1) is 5.92 Å². The molecule has 144 valence electrons. The predicted octanol–water partition coefficient (Wildman–Crippen LogP) is 1.30. The molecule has 26 heavy (non-hydrogen) atoms. The maximum Gasteiger partial charge on any atom is 0.225 e. The van der Waals surface area contributed by atoms with E-state index in [2.05, 4.69) is 41.9 Å². The lowest BCUT2D eigenvalue weighted by atomic mass is 9.99. The van der Waals surface area contributed by atoms with Crippen LogP contribution in [0.25, 0.3) is 0 Å². The normalized spacial score (nSPS) is 20.5. The van der Waals surface area contributed by atoms with Gasteiger partial charge in [-0.15, -0.1) is 0 Å². The summed E-state index contributed by atoms with van der Waals surface area (Å²) >= 11 is 0. The number of nitrogens with zero attached hydrogens (tertiary/aromatic N) is 6. The molecule has 2 saturated heterocycles. The molecule has 3 rings (SSSR count). The fourth-order valence-corrected chi connectivity index (χ4v) is 3.69. The first-order valence-electron chi connectivity index (χ1n) is 9.96. The molecule has 7 heteroatoms. The van der Waals surface area contributed by atoms with Crippen molar-refractivity contribution in [3.8, 4) is 0 Å². The van der Waals surface area contributed by atoms with E-state index < -0.39 is 0 Å². The van der Waals surface area contributed by atoms with Crippen LogP contribution in [0.5, 0.6) is 0 Å². The van der Waals surface area contributed by atoms with Crippen molar-refractivity contribution >= 4 is 11.9 Å². The highest BCUT2D eigenvalue weighted by atomic mass is 15.4. The van der Waals surface area contributed by atoms with Crippen LogP contribution in [0.3, 0.4) is 0 Å². The maximum atomic E-state index is 4.47. The molecule has 2 aliphatic rings. The average molecular weight is 360 g/mol. The number of piperidine rings is 1. The summed E-state index contributed by atoms with van der Waals surface area (Å²) in [6.07, 6.45) is 7.48. The second-order valence-electron chi connectivity index (χ2n) is 7.37. The van der Waals surface area contributed by atoms with Gasteiger partial charge in [-0.1, -0.05) is 6.92 Å². The quantitative estimate of drug-likeness (QED) is 0.486. The molecular weight excluding hydrogens is 326 g/mol. The number of anilines is 1. The number of hydrogen-bond acceptors (Lipinski definition) is 5. The summed E-state index contributed by atoms with van der Waals surface area (Å²) in [6, 6.07) is 1.86. The molecule has 0 spiro atoms. The van der Waals surface area contributed by atoms with Gasteiger partial charge in [-0.05, 0) is 50.9 Å². The van der Waals surface area contributed by atoms with E-state index in [-0.39, 0.29) is 0 Å². The van der Waals surface area contributed by atoms with Crippen molar-refractivity contribution in [2.24, 2.45) is 10.9 Å². The van der Waals surface area contributed by atoms with Gasteiger partial charge < -0.3 is 20.0 Å². The van der Waals surface area contributed by atoms with Crippen LogP contribution in [0.2, 0.25) is 0 Å². The van der Waals surface area contributed by atoms with Gasteiger partial charge in [0.2, 0.25) is 5.95 Å². The Hall–Kier alpha value is -1.89. The number of guanidine groups is 1. The fourth-order valence-electron chi connectivity index (χ4n) is 3.69. The van der Waals surface area contributed by atoms with Gasteiger partial charge in [0.1, 0.15) is 0 Å². The van der Waals surface area contributed by atoms with Crippen molar-refractivity contribution < 1.29 is 0 Å². The molecule has 0 amide bonds. The summed E-state index contributed by atoms with van der Waals surface area (Å²) in [7, 11) is 1.88. The largest absolute Gasteiger partial charge is 0.356 e. The van der Waals surface area contributed by atoms with Crippen molar-refractivity contribution in [1.29, 1.82) is 0 Å². The molecule has 2 aliphatic heterocycles. The monoisotopic (exact) mass is 359 g/mol. The molecule has 7 nitrogen and oxygen atoms in total. The zero-order valence-corrected chi connectivity index (χ0v) is 16.3. The number of piperazine rings is 1. The highest BCUT2D eigenvalue weighted by Crippen LogP contribution is 2.15. The van der Waals surface area contributed by atoms with Gasteiger partial charge in [-0.25, -0.2) is 9.97 Å². The van der Waals surface area contributed by atoms with Gasteiger partial charge in [0.25, 0.3) is 0 Å². The van der Waals surface area contributed by atoms with Crippen molar-refractivity contribution in [2.45, 2.75) is 26.2 Å².